The maximum absolute atomic E-state index is 8.56. The number of nitrogens with zero attached hydrogens (tertiary/aromatic N) is 3. The fourth-order valence-electron chi connectivity index (χ4n) is 1.57. The van der Waals surface area contributed by atoms with Crippen LogP contribution in [0.25, 0.3) is 5.69 Å². The van der Waals surface area contributed by atoms with Crippen molar-refractivity contribution < 1.29 is 5.21 Å². The maximum atomic E-state index is 8.56. The number of halogens is 1. The average molecular weight is 250 g/mol. The molecule has 0 aliphatic rings. The molecule has 4 nitrogen and oxygen atoms in total. The van der Waals surface area contributed by atoms with Crippen LogP contribution in [-0.2, 0) is 0 Å². The van der Waals surface area contributed by atoms with E-state index < -0.39 is 0 Å². The van der Waals surface area contributed by atoms with Gasteiger partial charge in [0.2, 0.25) is 0 Å². The van der Waals surface area contributed by atoms with Gasteiger partial charge in [-0.05, 0) is 26.0 Å². The van der Waals surface area contributed by atoms with E-state index >= 15 is 0 Å². The number of rotatable bonds is 2. The summed E-state index contributed by atoms with van der Waals surface area (Å²) in [6.07, 6.45) is 1.29. The molecule has 0 fully saturated rings. The summed E-state index contributed by atoms with van der Waals surface area (Å²) in [5, 5.41) is 16.3. The molecule has 88 valence electrons. The Morgan fingerprint density at radius 1 is 1.29 bits per heavy atom. The molecule has 0 radical (unpaired) electrons. The van der Waals surface area contributed by atoms with E-state index in [4.69, 9.17) is 16.8 Å². The SMILES string of the molecule is Cc1ccc(-n2nc(C)c(/C=N/O)c2Cl)cc1. The monoisotopic (exact) mass is 249 g/mol. The van der Waals surface area contributed by atoms with E-state index in [1.165, 1.54) is 11.8 Å². The fraction of sp³-hybridized carbons (Fsp3) is 0.167. The molecular formula is C12H12ClN3O. The van der Waals surface area contributed by atoms with Crippen molar-refractivity contribution in [3.63, 3.8) is 0 Å². The largest absolute Gasteiger partial charge is 0.411 e. The highest BCUT2D eigenvalue weighted by Crippen LogP contribution is 2.22. The van der Waals surface area contributed by atoms with Crippen LogP contribution in [-0.4, -0.2) is 21.2 Å². The number of hydrogen-bond acceptors (Lipinski definition) is 3. The van der Waals surface area contributed by atoms with E-state index in [1.807, 2.05) is 38.1 Å². The lowest BCUT2D eigenvalue weighted by atomic mass is 10.2. The third-order valence-electron chi connectivity index (χ3n) is 2.51. The van der Waals surface area contributed by atoms with Crippen molar-refractivity contribution in [3.05, 3.63) is 46.2 Å². The van der Waals surface area contributed by atoms with Crippen LogP contribution in [0.2, 0.25) is 5.15 Å². The van der Waals surface area contributed by atoms with Crippen LogP contribution in [0, 0.1) is 13.8 Å². The molecule has 1 heterocycles. The Bertz CT molecular complexity index is 558. The number of hydrogen-bond donors (Lipinski definition) is 1. The van der Waals surface area contributed by atoms with Gasteiger partial charge in [-0.1, -0.05) is 34.5 Å². The number of benzene rings is 1. The second-order valence-corrected chi connectivity index (χ2v) is 4.14. The highest BCUT2D eigenvalue weighted by atomic mass is 35.5. The zero-order chi connectivity index (χ0) is 12.4. The predicted molar refractivity (Wildman–Crippen MR) is 67.4 cm³/mol. The van der Waals surface area contributed by atoms with E-state index in [9.17, 15) is 0 Å². The van der Waals surface area contributed by atoms with Crippen LogP contribution in [0.5, 0.6) is 0 Å². The standard InChI is InChI=1S/C12H12ClN3O/c1-8-3-5-10(6-4-8)16-12(13)11(7-14-17)9(2)15-16/h3-7,17H,1-2H3/b14-7+. The smallest absolute Gasteiger partial charge is 0.142 e. The van der Waals surface area contributed by atoms with Gasteiger partial charge in [0.15, 0.2) is 0 Å². The van der Waals surface area contributed by atoms with Gasteiger partial charge in [0.05, 0.1) is 23.2 Å². The van der Waals surface area contributed by atoms with Crippen molar-refractivity contribution in [2.75, 3.05) is 0 Å². The van der Waals surface area contributed by atoms with Crippen LogP contribution < -0.4 is 0 Å². The first-order valence-electron chi connectivity index (χ1n) is 5.13. The average Bonchev–Trinajstić information content (AvgIpc) is 2.59. The predicted octanol–water partition coefficient (Wildman–Crippen LogP) is 2.95. The van der Waals surface area contributed by atoms with Gasteiger partial charge >= 0.3 is 0 Å². The quantitative estimate of drug-likeness (QED) is 0.505. The highest BCUT2D eigenvalue weighted by Gasteiger charge is 2.12. The molecule has 5 heteroatoms. The molecule has 0 atom stereocenters. The lowest BCUT2D eigenvalue weighted by Gasteiger charge is -2.03. The molecule has 2 rings (SSSR count). The molecule has 0 aliphatic carbocycles. The Balaban J connectivity index is 2.53. The lowest BCUT2D eigenvalue weighted by molar-refractivity contribution is 0.322. The summed E-state index contributed by atoms with van der Waals surface area (Å²) in [7, 11) is 0. The van der Waals surface area contributed by atoms with Crippen LogP contribution in [0.3, 0.4) is 0 Å². The minimum atomic E-state index is 0.434. The van der Waals surface area contributed by atoms with Crippen molar-refractivity contribution in [3.8, 4) is 5.69 Å². The molecule has 1 aromatic heterocycles. The first-order valence-corrected chi connectivity index (χ1v) is 5.51. The molecule has 0 spiro atoms. The molecule has 1 N–H and O–H groups in total. The summed E-state index contributed by atoms with van der Waals surface area (Å²) < 4.78 is 1.62. The number of oxime groups is 1. The van der Waals surface area contributed by atoms with Gasteiger partial charge in [-0.15, -0.1) is 0 Å². The third-order valence-corrected chi connectivity index (χ3v) is 2.88. The first kappa shape index (κ1) is 11.7. The molecule has 2 aromatic rings. The van der Waals surface area contributed by atoms with Crippen molar-refractivity contribution in [2.24, 2.45) is 5.16 Å². The second kappa shape index (κ2) is 4.59. The number of aromatic nitrogens is 2. The molecular weight excluding hydrogens is 238 g/mol. The van der Waals surface area contributed by atoms with E-state index in [0.29, 0.717) is 16.4 Å². The molecule has 0 saturated carbocycles. The van der Waals surface area contributed by atoms with Crippen LogP contribution in [0.4, 0.5) is 0 Å². The summed E-state index contributed by atoms with van der Waals surface area (Å²) in [4.78, 5) is 0. The van der Waals surface area contributed by atoms with E-state index in [-0.39, 0.29) is 0 Å². The topological polar surface area (TPSA) is 50.4 Å². The van der Waals surface area contributed by atoms with E-state index in [1.54, 1.807) is 4.68 Å². The van der Waals surface area contributed by atoms with Gasteiger partial charge in [-0.2, -0.15) is 5.10 Å². The molecule has 1 aromatic carbocycles. The number of aryl methyl sites for hydroxylation is 2. The summed E-state index contributed by atoms with van der Waals surface area (Å²) >= 11 is 6.18. The summed E-state index contributed by atoms with van der Waals surface area (Å²) in [6, 6.07) is 7.85. The first-order chi connectivity index (χ1) is 8.13. The summed E-state index contributed by atoms with van der Waals surface area (Å²) in [5.41, 5.74) is 3.38. The molecule has 0 bridgehead atoms. The highest BCUT2D eigenvalue weighted by molar-refractivity contribution is 6.32. The maximum Gasteiger partial charge on any atom is 0.142 e. The molecule has 0 aliphatic heterocycles. The van der Waals surface area contributed by atoms with Crippen LogP contribution in [0.1, 0.15) is 16.8 Å². The Labute approximate surface area is 104 Å². The lowest BCUT2D eigenvalue weighted by Crippen LogP contribution is -1.96. The fourth-order valence-corrected chi connectivity index (χ4v) is 1.89. The van der Waals surface area contributed by atoms with Gasteiger partial charge in [-0.3, -0.25) is 0 Å². The summed E-state index contributed by atoms with van der Waals surface area (Å²) in [5.74, 6) is 0. The van der Waals surface area contributed by atoms with Gasteiger partial charge in [-0.25, -0.2) is 4.68 Å². The molecule has 0 amide bonds. The van der Waals surface area contributed by atoms with Crippen LogP contribution >= 0.6 is 11.6 Å². The van der Waals surface area contributed by atoms with Crippen molar-refractivity contribution in [1.82, 2.24) is 9.78 Å². The normalized spacial score (nSPS) is 11.2. The minimum Gasteiger partial charge on any atom is -0.411 e. The van der Waals surface area contributed by atoms with Gasteiger partial charge in [0.1, 0.15) is 5.15 Å². The summed E-state index contributed by atoms with van der Waals surface area (Å²) in [6.45, 7) is 3.83. The Morgan fingerprint density at radius 2 is 1.94 bits per heavy atom. The second-order valence-electron chi connectivity index (χ2n) is 3.78. The molecule has 0 unspecified atom stereocenters. The van der Waals surface area contributed by atoms with Gasteiger partial charge < -0.3 is 5.21 Å². The zero-order valence-corrected chi connectivity index (χ0v) is 10.3. The van der Waals surface area contributed by atoms with Crippen molar-refractivity contribution in [1.29, 1.82) is 0 Å². The van der Waals surface area contributed by atoms with E-state index in [2.05, 4.69) is 10.3 Å². The van der Waals surface area contributed by atoms with Gasteiger partial charge in [0, 0.05) is 0 Å². The Morgan fingerprint density at radius 3 is 2.53 bits per heavy atom. The molecule has 17 heavy (non-hydrogen) atoms. The zero-order valence-electron chi connectivity index (χ0n) is 9.55. The van der Waals surface area contributed by atoms with Crippen molar-refractivity contribution >= 4 is 17.8 Å². The molecule has 0 saturated heterocycles. The van der Waals surface area contributed by atoms with Gasteiger partial charge in [0.25, 0.3) is 0 Å². The Kier molecular flexibility index (Phi) is 3.15. The van der Waals surface area contributed by atoms with Crippen LogP contribution in [0.15, 0.2) is 29.4 Å². The Hall–Kier alpha value is -1.81. The minimum absolute atomic E-state index is 0.434. The third kappa shape index (κ3) is 2.17. The van der Waals surface area contributed by atoms with Crippen molar-refractivity contribution in [2.45, 2.75) is 13.8 Å². The van der Waals surface area contributed by atoms with E-state index in [0.717, 1.165) is 5.69 Å².